The van der Waals surface area contributed by atoms with E-state index in [-0.39, 0.29) is 0 Å². The van der Waals surface area contributed by atoms with Crippen molar-refractivity contribution in [3.05, 3.63) is 18.0 Å². The highest BCUT2D eigenvalue weighted by Gasteiger charge is 2.36. The van der Waals surface area contributed by atoms with Crippen LogP contribution >= 0.6 is 0 Å². The molecule has 0 saturated heterocycles. The molecular weight excluding hydrogens is 226 g/mol. The second kappa shape index (κ2) is 6.34. The van der Waals surface area contributed by atoms with Crippen molar-refractivity contribution in [2.75, 3.05) is 13.7 Å². The third-order valence-electron chi connectivity index (χ3n) is 3.61. The molecule has 2 rings (SSSR count). The van der Waals surface area contributed by atoms with E-state index in [1.165, 1.54) is 12.8 Å². The summed E-state index contributed by atoms with van der Waals surface area (Å²) in [6.45, 7) is 3.24. The zero-order valence-corrected chi connectivity index (χ0v) is 11.7. The summed E-state index contributed by atoms with van der Waals surface area (Å²) in [4.78, 5) is 0. The molecule has 1 saturated carbocycles. The van der Waals surface area contributed by atoms with Crippen molar-refractivity contribution in [1.29, 1.82) is 0 Å². The minimum atomic E-state index is 0.332. The average Bonchev–Trinajstić information content (AvgIpc) is 3.11. The van der Waals surface area contributed by atoms with Crippen LogP contribution in [0.2, 0.25) is 0 Å². The molecule has 1 aromatic heterocycles. The lowest BCUT2D eigenvalue weighted by atomic mass is 10.0. The molecule has 4 heteroatoms. The molecule has 2 atom stereocenters. The number of nitrogens with zero attached hydrogens (tertiary/aromatic N) is 2. The van der Waals surface area contributed by atoms with Gasteiger partial charge in [0.15, 0.2) is 0 Å². The molecule has 0 spiro atoms. The lowest BCUT2D eigenvalue weighted by Gasteiger charge is -2.26. The Kier molecular flexibility index (Phi) is 4.78. The third kappa shape index (κ3) is 3.56. The molecule has 0 aromatic carbocycles. The molecule has 1 N–H and O–H groups in total. The number of hydrogen-bond donors (Lipinski definition) is 1. The zero-order valence-electron chi connectivity index (χ0n) is 11.7. The van der Waals surface area contributed by atoms with Gasteiger partial charge in [0.1, 0.15) is 0 Å². The van der Waals surface area contributed by atoms with Gasteiger partial charge in [-0.15, -0.1) is 0 Å². The molecule has 1 fully saturated rings. The van der Waals surface area contributed by atoms with Gasteiger partial charge in [-0.2, -0.15) is 5.10 Å². The molecule has 0 radical (unpaired) electrons. The molecule has 102 valence electrons. The predicted octanol–water partition coefficient (Wildman–Crippen LogP) is 1.76. The maximum Gasteiger partial charge on any atom is 0.0756 e. The van der Waals surface area contributed by atoms with Crippen molar-refractivity contribution in [2.45, 2.75) is 44.8 Å². The van der Waals surface area contributed by atoms with Crippen LogP contribution in [0, 0.1) is 5.92 Å². The van der Waals surface area contributed by atoms with Crippen LogP contribution in [0.1, 0.15) is 31.9 Å². The molecule has 0 bridgehead atoms. The Hall–Kier alpha value is -0.870. The lowest BCUT2D eigenvalue weighted by molar-refractivity contribution is 0.0508. The van der Waals surface area contributed by atoms with Crippen molar-refractivity contribution >= 4 is 0 Å². The van der Waals surface area contributed by atoms with Crippen LogP contribution in [-0.2, 0) is 18.2 Å². The third-order valence-corrected chi connectivity index (χ3v) is 3.61. The summed E-state index contributed by atoms with van der Waals surface area (Å²) in [6, 6.07) is 2.48. The van der Waals surface area contributed by atoms with Crippen LogP contribution in [-0.4, -0.2) is 35.6 Å². The Bertz CT molecular complexity index is 360. The number of methoxy groups -OCH3 is 1. The second-order valence-electron chi connectivity index (χ2n) is 5.28. The van der Waals surface area contributed by atoms with E-state index in [9.17, 15) is 0 Å². The van der Waals surface area contributed by atoms with Gasteiger partial charge in [0.2, 0.25) is 0 Å². The van der Waals surface area contributed by atoms with Gasteiger partial charge in [-0.05, 0) is 37.8 Å². The Morgan fingerprint density at radius 2 is 2.33 bits per heavy atom. The SMILES string of the molecule is CCCNC(Cc1ccn(C)n1)C(OC)C1CC1. The minimum absolute atomic E-state index is 0.332. The van der Waals surface area contributed by atoms with Crippen LogP contribution in [0.4, 0.5) is 0 Å². The normalized spacial score (nSPS) is 18.8. The van der Waals surface area contributed by atoms with E-state index in [1.54, 1.807) is 0 Å². The molecule has 1 aliphatic carbocycles. The van der Waals surface area contributed by atoms with Gasteiger partial charge < -0.3 is 10.1 Å². The maximum atomic E-state index is 5.72. The summed E-state index contributed by atoms with van der Waals surface area (Å²) < 4.78 is 7.58. The summed E-state index contributed by atoms with van der Waals surface area (Å²) in [7, 11) is 3.80. The molecule has 1 aliphatic rings. The number of aryl methyl sites for hydroxylation is 1. The van der Waals surface area contributed by atoms with E-state index in [0.29, 0.717) is 12.1 Å². The molecular formula is C14H25N3O. The lowest BCUT2D eigenvalue weighted by Crippen LogP contribution is -2.44. The zero-order chi connectivity index (χ0) is 13.0. The summed E-state index contributed by atoms with van der Waals surface area (Å²) in [5.41, 5.74) is 1.15. The van der Waals surface area contributed by atoms with Crippen molar-refractivity contribution in [3.63, 3.8) is 0 Å². The van der Waals surface area contributed by atoms with Gasteiger partial charge in [0.25, 0.3) is 0 Å². The van der Waals surface area contributed by atoms with Gasteiger partial charge in [0, 0.05) is 32.8 Å². The van der Waals surface area contributed by atoms with Crippen molar-refractivity contribution in [1.82, 2.24) is 15.1 Å². The fraction of sp³-hybridized carbons (Fsp3) is 0.786. The van der Waals surface area contributed by atoms with Crippen molar-refractivity contribution < 1.29 is 4.74 Å². The van der Waals surface area contributed by atoms with Crippen molar-refractivity contribution in [3.8, 4) is 0 Å². The fourth-order valence-corrected chi connectivity index (χ4v) is 2.54. The Morgan fingerprint density at radius 3 is 2.83 bits per heavy atom. The van der Waals surface area contributed by atoms with Gasteiger partial charge in [-0.1, -0.05) is 6.92 Å². The smallest absolute Gasteiger partial charge is 0.0756 e. The highest BCUT2D eigenvalue weighted by molar-refractivity contribution is 5.04. The Balaban J connectivity index is 1.98. The van der Waals surface area contributed by atoms with Gasteiger partial charge in [-0.25, -0.2) is 0 Å². The van der Waals surface area contributed by atoms with Crippen molar-refractivity contribution in [2.24, 2.45) is 13.0 Å². The van der Waals surface area contributed by atoms with Crippen LogP contribution < -0.4 is 5.32 Å². The number of ether oxygens (including phenoxy) is 1. The van der Waals surface area contributed by atoms with E-state index >= 15 is 0 Å². The standard InChI is InChI=1S/C14H25N3O/c1-4-8-15-13(14(18-3)11-5-6-11)10-12-7-9-17(2)16-12/h7,9,11,13-15H,4-6,8,10H2,1-3H3. The first-order chi connectivity index (χ1) is 8.74. The van der Waals surface area contributed by atoms with Crippen LogP contribution in [0.3, 0.4) is 0 Å². The quantitative estimate of drug-likeness (QED) is 0.765. The molecule has 4 nitrogen and oxygen atoms in total. The first-order valence-corrected chi connectivity index (χ1v) is 6.99. The number of aromatic nitrogens is 2. The molecule has 2 unspecified atom stereocenters. The summed E-state index contributed by atoms with van der Waals surface area (Å²) in [5, 5.41) is 8.10. The second-order valence-corrected chi connectivity index (χ2v) is 5.28. The highest BCUT2D eigenvalue weighted by Crippen LogP contribution is 2.36. The van der Waals surface area contributed by atoms with Crippen LogP contribution in [0.15, 0.2) is 12.3 Å². The molecule has 18 heavy (non-hydrogen) atoms. The maximum absolute atomic E-state index is 5.72. The van der Waals surface area contributed by atoms with E-state index in [4.69, 9.17) is 4.74 Å². The molecule has 1 aromatic rings. The summed E-state index contributed by atoms with van der Waals surface area (Å²) in [5.74, 6) is 0.744. The molecule has 0 amide bonds. The predicted molar refractivity (Wildman–Crippen MR) is 72.5 cm³/mol. The first-order valence-electron chi connectivity index (χ1n) is 6.99. The van der Waals surface area contributed by atoms with Crippen LogP contribution in [0.5, 0.6) is 0 Å². The average molecular weight is 251 g/mol. The summed E-state index contributed by atoms with van der Waals surface area (Å²) >= 11 is 0. The van der Waals surface area contributed by atoms with E-state index in [1.807, 2.05) is 25.0 Å². The Labute approximate surface area is 110 Å². The van der Waals surface area contributed by atoms with E-state index < -0.39 is 0 Å². The van der Waals surface area contributed by atoms with E-state index in [0.717, 1.165) is 31.0 Å². The van der Waals surface area contributed by atoms with Gasteiger partial charge in [0.05, 0.1) is 11.8 Å². The number of rotatable bonds is 8. The topological polar surface area (TPSA) is 39.1 Å². The molecule has 0 aliphatic heterocycles. The van der Waals surface area contributed by atoms with Gasteiger partial charge in [-0.3, -0.25) is 4.68 Å². The van der Waals surface area contributed by atoms with Crippen LogP contribution in [0.25, 0.3) is 0 Å². The summed E-state index contributed by atoms with van der Waals surface area (Å²) in [6.07, 6.45) is 7.07. The minimum Gasteiger partial charge on any atom is -0.380 e. The number of hydrogen-bond acceptors (Lipinski definition) is 3. The van der Waals surface area contributed by atoms with E-state index in [2.05, 4.69) is 23.4 Å². The largest absolute Gasteiger partial charge is 0.380 e. The number of nitrogens with one attached hydrogen (secondary N) is 1. The van der Waals surface area contributed by atoms with Gasteiger partial charge >= 0.3 is 0 Å². The highest BCUT2D eigenvalue weighted by atomic mass is 16.5. The first kappa shape index (κ1) is 13.6. The Morgan fingerprint density at radius 1 is 1.56 bits per heavy atom. The fourth-order valence-electron chi connectivity index (χ4n) is 2.54. The molecule has 1 heterocycles. The monoisotopic (exact) mass is 251 g/mol.